The predicted molar refractivity (Wildman–Crippen MR) is 104 cm³/mol. The molecule has 8 heteroatoms. The van der Waals surface area contributed by atoms with Crippen molar-refractivity contribution in [1.29, 1.82) is 0 Å². The summed E-state index contributed by atoms with van der Waals surface area (Å²) < 4.78 is 4.91. The van der Waals surface area contributed by atoms with Crippen molar-refractivity contribution < 1.29 is 14.1 Å². The summed E-state index contributed by atoms with van der Waals surface area (Å²) in [6.45, 7) is 6.45. The first-order valence-electron chi connectivity index (χ1n) is 8.27. The molecule has 2 rings (SSSR count). The van der Waals surface area contributed by atoms with Gasteiger partial charge in [-0.1, -0.05) is 35.0 Å². The Labute approximate surface area is 162 Å². The van der Waals surface area contributed by atoms with Gasteiger partial charge in [-0.2, -0.15) is 0 Å². The summed E-state index contributed by atoms with van der Waals surface area (Å²) in [6.07, 6.45) is 0. The van der Waals surface area contributed by atoms with Crippen LogP contribution in [0.1, 0.15) is 25.2 Å². The maximum Gasteiger partial charge on any atom is 0.238 e. The lowest BCUT2D eigenvalue weighted by Crippen LogP contribution is -2.33. The Morgan fingerprint density at radius 2 is 2.12 bits per heavy atom. The number of hydrogen-bond acceptors (Lipinski definition) is 5. The van der Waals surface area contributed by atoms with E-state index >= 15 is 0 Å². The van der Waals surface area contributed by atoms with E-state index in [0.717, 1.165) is 5.56 Å². The Morgan fingerprint density at radius 3 is 2.73 bits per heavy atom. The van der Waals surface area contributed by atoms with E-state index in [9.17, 15) is 9.59 Å². The van der Waals surface area contributed by atoms with Crippen LogP contribution in [0.15, 0.2) is 34.9 Å². The van der Waals surface area contributed by atoms with Gasteiger partial charge in [0.05, 0.1) is 11.0 Å². The fraction of sp³-hybridized carbons (Fsp3) is 0.389. The van der Waals surface area contributed by atoms with Crippen molar-refractivity contribution in [1.82, 2.24) is 10.1 Å². The molecule has 0 saturated heterocycles. The Hall–Kier alpha value is -1.99. The van der Waals surface area contributed by atoms with E-state index in [0.29, 0.717) is 29.7 Å². The average Bonchev–Trinajstić information content (AvgIpc) is 3.03. The summed E-state index contributed by atoms with van der Waals surface area (Å²) in [4.78, 5) is 26.4. The molecule has 0 fully saturated rings. The van der Waals surface area contributed by atoms with Gasteiger partial charge in [-0.3, -0.25) is 9.59 Å². The maximum absolute atomic E-state index is 12.5. The number of nitrogens with one attached hydrogen (secondary N) is 1. The normalized spacial score (nSPS) is 11.8. The Kier molecular flexibility index (Phi) is 7.53. The van der Waals surface area contributed by atoms with Gasteiger partial charge < -0.3 is 14.7 Å². The molecule has 2 amide bonds. The van der Waals surface area contributed by atoms with Gasteiger partial charge in [0.2, 0.25) is 11.8 Å². The zero-order valence-electron chi connectivity index (χ0n) is 15.0. The minimum absolute atomic E-state index is 0.0330. The van der Waals surface area contributed by atoms with Crippen LogP contribution in [0, 0.1) is 6.92 Å². The molecule has 0 bridgehead atoms. The molecule has 0 radical (unpaired) electrons. The van der Waals surface area contributed by atoms with Crippen molar-refractivity contribution in [2.24, 2.45) is 0 Å². The molecule has 0 aliphatic rings. The highest BCUT2D eigenvalue weighted by atomic mass is 35.5. The minimum atomic E-state index is -0.394. The van der Waals surface area contributed by atoms with Crippen molar-refractivity contribution >= 4 is 41.0 Å². The van der Waals surface area contributed by atoms with Gasteiger partial charge in [-0.05, 0) is 32.4 Å². The summed E-state index contributed by atoms with van der Waals surface area (Å²) in [5.41, 5.74) is 0.904. The molecule has 1 heterocycles. The first-order chi connectivity index (χ1) is 12.4. The highest BCUT2D eigenvalue weighted by Gasteiger charge is 2.19. The van der Waals surface area contributed by atoms with E-state index < -0.39 is 5.25 Å². The van der Waals surface area contributed by atoms with Crippen LogP contribution in [0.5, 0.6) is 0 Å². The number of hydrogen-bond donors (Lipinski definition) is 1. The summed E-state index contributed by atoms with van der Waals surface area (Å²) >= 11 is 7.45. The number of carbonyl (C=O) groups excluding carboxylic acids is 2. The van der Waals surface area contributed by atoms with E-state index in [-0.39, 0.29) is 17.6 Å². The third kappa shape index (κ3) is 5.78. The zero-order valence-corrected chi connectivity index (χ0v) is 16.6. The van der Waals surface area contributed by atoms with E-state index in [1.54, 1.807) is 24.8 Å². The highest BCUT2D eigenvalue weighted by Crippen LogP contribution is 2.19. The lowest BCUT2D eigenvalue weighted by molar-refractivity contribution is -0.128. The summed E-state index contributed by atoms with van der Waals surface area (Å²) in [5.74, 6) is 0.957. The smallest absolute Gasteiger partial charge is 0.238 e. The Balaban J connectivity index is 1.85. The van der Waals surface area contributed by atoms with Gasteiger partial charge in [0.1, 0.15) is 5.76 Å². The number of carbonyl (C=O) groups is 2. The second-order valence-electron chi connectivity index (χ2n) is 5.76. The number of thioether (sulfide) groups is 1. The number of anilines is 1. The Bertz CT molecular complexity index is 766. The number of rotatable bonds is 8. The first kappa shape index (κ1) is 20.3. The van der Waals surface area contributed by atoms with Gasteiger partial charge in [0, 0.05) is 24.2 Å². The van der Waals surface area contributed by atoms with Crippen LogP contribution < -0.4 is 5.32 Å². The second-order valence-corrected chi connectivity index (χ2v) is 7.50. The molecule has 1 atom stereocenters. The summed E-state index contributed by atoms with van der Waals surface area (Å²) in [6, 6.07) is 9.11. The number of nitrogens with zero attached hydrogens (tertiary/aromatic N) is 2. The van der Waals surface area contributed by atoms with E-state index in [1.165, 1.54) is 11.8 Å². The predicted octanol–water partition coefficient (Wildman–Crippen LogP) is 3.75. The zero-order chi connectivity index (χ0) is 19.1. The minimum Gasteiger partial charge on any atom is -0.360 e. The van der Waals surface area contributed by atoms with Crippen LogP contribution in [-0.4, -0.2) is 39.4 Å². The van der Waals surface area contributed by atoms with Crippen LogP contribution in [0.2, 0.25) is 5.02 Å². The highest BCUT2D eigenvalue weighted by molar-refractivity contribution is 8.01. The molecule has 26 heavy (non-hydrogen) atoms. The summed E-state index contributed by atoms with van der Waals surface area (Å²) in [7, 11) is 0. The molecule has 0 spiro atoms. The number of halogens is 1. The number of amides is 2. The van der Waals surface area contributed by atoms with Crippen molar-refractivity contribution in [3.05, 3.63) is 46.7 Å². The molecule has 1 unspecified atom stereocenters. The fourth-order valence-corrected chi connectivity index (χ4v) is 3.21. The molecule has 0 saturated carbocycles. The quantitative estimate of drug-likeness (QED) is 0.736. The number of benzene rings is 1. The largest absolute Gasteiger partial charge is 0.360 e. The van der Waals surface area contributed by atoms with Gasteiger partial charge in [0.15, 0.2) is 5.82 Å². The lowest BCUT2D eigenvalue weighted by atomic mass is 10.2. The van der Waals surface area contributed by atoms with Gasteiger partial charge in [-0.25, -0.2) is 0 Å². The van der Waals surface area contributed by atoms with Crippen LogP contribution in [0.4, 0.5) is 5.82 Å². The molecule has 1 aromatic heterocycles. The molecule has 0 aliphatic carbocycles. The summed E-state index contributed by atoms with van der Waals surface area (Å²) in [5, 5.41) is 6.64. The fourth-order valence-electron chi connectivity index (χ4n) is 2.23. The molecule has 6 nitrogen and oxygen atoms in total. The Morgan fingerprint density at radius 1 is 1.38 bits per heavy atom. The van der Waals surface area contributed by atoms with Crippen LogP contribution in [-0.2, 0) is 16.1 Å². The lowest BCUT2D eigenvalue weighted by Gasteiger charge is -2.22. The molecule has 1 N–H and O–H groups in total. The molecule has 1 aromatic carbocycles. The number of aromatic nitrogens is 1. The molecular formula is C18H22ClN3O3S. The van der Waals surface area contributed by atoms with Gasteiger partial charge in [-0.15, -0.1) is 11.8 Å². The molecular weight excluding hydrogens is 374 g/mol. The monoisotopic (exact) mass is 395 g/mol. The average molecular weight is 396 g/mol. The van der Waals surface area contributed by atoms with Gasteiger partial charge in [0.25, 0.3) is 0 Å². The first-order valence-corrected chi connectivity index (χ1v) is 9.70. The van der Waals surface area contributed by atoms with E-state index in [2.05, 4.69) is 10.5 Å². The molecule has 0 aliphatic heterocycles. The molecule has 140 valence electrons. The van der Waals surface area contributed by atoms with Crippen LogP contribution in [0.3, 0.4) is 0 Å². The van der Waals surface area contributed by atoms with Crippen molar-refractivity contribution in [2.45, 2.75) is 32.6 Å². The molecule has 2 aromatic rings. The van der Waals surface area contributed by atoms with Crippen molar-refractivity contribution in [3.8, 4) is 0 Å². The standard InChI is InChI=1S/C18H22ClN3O3S/c1-4-22(10-14-7-5-6-8-15(14)19)17(23)11-26-13(3)18(24)20-16-9-12(2)25-21-16/h5-9,13H,4,10-11H2,1-3H3,(H,20,21,24). The SMILES string of the molecule is CCN(Cc1ccccc1Cl)C(=O)CSC(C)C(=O)Nc1cc(C)on1. The van der Waals surface area contributed by atoms with Crippen molar-refractivity contribution in [3.63, 3.8) is 0 Å². The van der Waals surface area contributed by atoms with Crippen molar-refractivity contribution in [2.75, 3.05) is 17.6 Å². The maximum atomic E-state index is 12.5. The second kappa shape index (κ2) is 9.64. The van der Waals surface area contributed by atoms with Crippen LogP contribution >= 0.6 is 23.4 Å². The van der Waals surface area contributed by atoms with Crippen LogP contribution in [0.25, 0.3) is 0 Å². The van der Waals surface area contributed by atoms with E-state index in [1.807, 2.05) is 31.2 Å². The third-order valence-corrected chi connectivity index (χ3v) is 5.26. The van der Waals surface area contributed by atoms with Gasteiger partial charge >= 0.3 is 0 Å². The topological polar surface area (TPSA) is 75.4 Å². The van der Waals surface area contributed by atoms with E-state index in [4.69, 9.17) is 16.1 Å². The third-order valence-electron chi connectivity index (χ3n) is 3.76. The number of aryl methyl sites for hydroxylation is 1.